The zero-order chi connectivity index (χ0) is 19.5. The van der Waals surface area contributed by atoms with Gasteiger partial charge < -0.3 is 14.2 Å². The maximum Gasteiger partial charge on any atom is 0.170 e. The maximum absolute atomic E-state index is 13.4. The van der Waals surface area contributed by atoms with Crippen molar-refractivity contribution in [3.8, 4) is 5.75 Å². The molecule has 0 N–H and O–H groups in total. The first kappa shape index (κ1) is 18.9. The number of benzene rings is 2. The van der Waals surface area contributed by atoms with Gasteiger partial charge >= 0.3 is 0 Å². The number of rotatable bonds is 6. The van der Waals surface area contributed by atoms with E-state index in [9.17, 15) is 4.39 Å². The summed E-state index contributed by atoms with van der Waals surface area (Å²) >= 11 is 0. The molecule has 2 aromatic carbocycles. The van der Waals surface area contributed by atoms with Crippen molar-refractivity contribution in [1.82, 2.24) is 10.1 Å². The summed E-state index contributed by atoms with van der Waals surface area (Å²) in [6.45, 7) is 5.49. The summed E-state index contributed by atoms with van der Waals surface area (Å²) in [7, 11) is 1.73. The lowest BCUT2D eigenvalue weighted by molar-refractivity contribution is 0.184. The normalized spacial score (nSPS) is 17.1. The van der Waals surface area contributed by atoms with E-state index in [4.69, 9.17) is 9.26 Å². The molecule has 1 saturated heterocycles. The largest absolute Gasteiger partial charge is 0.496 e. The summed E-state index contributed by atoms with van der Waals surface area (Å²) in [5.74, 6) is 1.63. The fraction of sp³-hybridized carbons (Fsp3) is 0.435. The van der Waals surface area contributed by atoms with Crippen LogP contribution in [0.3, 0.4) is 0 Å². The molecule has 28 heavy (non-hydrogen) atoms. The molecular weight excluding hydrogens is 355 g/mol. The minimum absolute atomic E-state index is 0.283. The van der Waals surface area contributed by atoms with Crippen molar-refractivity contribution >= 4 is 11.0 Å². The molecule has 5 heteroatoms. The molecular formula is C23H27FN2O2. The zero-order valence-electron chi connectivity index (χ0n) is 16.5. The molecule has 2 heterocycles. The van der Waals surface area contributed by atoms with Crippen molar-refractivity contribution in [2.24, 2.45) is 5.92 Å². The molecule has 4 nitrogen and oxygen atoms in total. The molecule has 0 spiro atoms. The summed E-state index contributed by atoms with van der Waals surface area (Å²) in [6, 6.07) is 13.0. The molecule has 1 atom stereocenters. The highest BCUT2D eigenvalue weighted by Crippen LogP contribution is 2.33. The Hall–Kier alpha value is -2.40. The number of nitrogens with zero attached hydrogens (tertiary/aromatic N) is 2. The second kappa shape index (κ2) is 8.31. The van der Waals surface area contributed by atoms with E-state index in [1.807, 2.05) is 12.1 Å². The molecule has 1 aliphatic heterocycles. The summed E-state index contributed by atoms with van der Waals surface area (Å²) in [4.78, 5) is 2.54. The van der Waals surface area contributed by atoms with Crippen LogP contribution in [0.5, 0.6) is 5.75 Å². The standard InChI is InChI=1S/C23H27FN2O2/c1-16(13-18-5-3-4-6-21(18)27-2)15-26-11-9-17(10-12-26)23-20-8-7-19(24)14-22(20)28-25-23/h3-8,14,16-17H,9-13,15H2,1-2H3/t16-/m0/s1. The fourth-order valence-corrected chi connectivity index (χ4v) is 4.37. The molecule has 3 aromatic rings. The summed E-state index contributed by atoms with van der Waals surface area (Å²) < 4.78 is 24.2. The van der Waals surface area contributed by atoms with Crippen molar-refractivity contribution in [1.29, 1.82) is 0 Å². The molecule has 1 fully saturated rings. The number of para-hydroxylation sites is 1. The molecule has 0 bridgehead atoms. The van der Waals surface area contributed by atoms with Crippen LogP contribution in [0.15, 0.2) is 47.0 Å². The highest BCUT2D eigenvalue weighted by molar-refractivity contribution is 5.79. The van der Waals surface area contributed by atoms with Gasteiger partial charge in [0.25, 0.3) is 0 Å². The van der Waals surface area contributed by atoms with Crippen LogP contribution in [-0.4, -0.2) is 36.8 Å². The van der Waals surface area contributed by atoms with Crippen LogP contribution in [0.1, 0.15) is 36.9 Å². The van der Waals surface area contributed by atoms with Crippen LogP contribution < -0.4 is 4.74 Å². The number of fused-ring (bicyclic) bond motifs is 1. The number of piperidine rings is 1. The average Bonchev–Trinajstić information content (AvgIpc) is 3.12. The lowest BCUT2D eigenvalue weighted by Crippen LogP contribution is -2.36. The Balaban J connectivity index is 1.33. The molecule has 4 rings (SSSR count). The number of aromatic nitrogens is 1. The zero-order valence-corrected chi connectivity index (χ0v) is 16.5. The molecule has 0 radical (unpaired) electrons. The number of likely N-dealkylation sites (tertiary alicyclic amines) is 1. The second-order valence-corrected chi connectivity index (χ2v) is 7.90. The summed E-state index contributed by atoms with van der Waals surface area (Å²) in [5.41, 5.74) is 2.80. The highest BCUT2D eigenvalue weighted by Gasteiger charge is 2.26. The minimum atomic E-state index is -0.283. The van der Waals surface area contributed by atoms with Gasteiger partial charge in [0.15, 0.2) is 5.58 Å². The Morgan fingerprint density at radius 1 is 1.21 bits per heavy atom. The maximum atomic E-state index is 13.4. The second-order valence-electron chi connectivity index (χ2n) is 7.90. The van der Waals surface area contributed by atoms with Crippen LogP contribution in [-0.2, 0) is 6.42 Å². The Kier molecular flexibility index (Phi) is 5.62. The molecule has 0 aliphatic carbocycles. The molecule has 0 amide bonds. The van der Waals surface area contributed by atoms with Crippen LogP contribution in [0.25, 0.3) is 11.0 Å². The van der Waals surface area contributed by atoms with Gasteiger partial charge in [-0.3, -0.25) is 0 Å². The molecule has 148 valence electrons. The predicted octanol–water partition coefficient (Wildman–Crippen LogP) is 5.03. The van der Waals surface area contributed by atoms with E-state index in [1.54, 1.807) is 13.2 Å². The first-order chi connectivity index (χ1) is 13.6. The van der Waals surface area contributed by atoms with E-state index in [0.29, 0.717) is 17.4 Å². The van der Waals surface area contributed by atoms with E-state index in [1.165, 1.54) is 17.7 Å². The van der Waals surface area contributed by atoms with Gasteiger partial charge in [-0.2, -0.15) is 0 Å². The smallest absolute Gasteiger partial charge is 0.170 e. The van der Waals surface area contributed by atoms with Gasteiger partial charge in [0.05, 0.1) is 12.8 Å². The Labute approximate surface area is 165 Å². The third-order valence-electron chi connectivity index (χ3n) is 5.77. The number of halogens is 1. The van der Waals surface area contributed by atoms with Crippen LogP contribution in [0.4, 0.5) is 4.39 Å². The lowest BCUT2D eigenvalue weighted by Gasteiger charge is -2.33. The number of methoxy groups -OCH3 is 1. The van der Waals surface area contributed by atoms with E-state index in [-0.39, 0.29) is 5.82 Å². The van der Waals surface area contributed by atoms with E-state index >= 15 is 0 Å². The fourth-order valence-electron chi connectivity index (χ4n) is 4.37. The SMILES string of the molecule is COc1ccccc1C[C@H](C)CN1CCC(c2noc3cc(F)ccc23)CC1. The highest BCUT2D eigenvalue weighted by atomic mass is 19.1. The van der Waals surface area contributed by atoms with E-state index < -0.39 is 0 Å². The van der Waals surface area contributed by atoms with Crippen LogP contribution in [0, 0.1) is 11.7 Å². The number of hydrogen-bond donors (Lipinski definition) is 0. The summed E-state index contributed by atoms with van der Waals surface area (Å²) in [6.07, 6.45) is 3.13. The van der Waals surface area contributed by atoms with Gasteiger partial charge in [0.1, 0.15) is 11.6 Å². The first-order valence-corrected chi connectivity index (χ1v) is 10.0. The van der Waals surface area contributed by atoms with Crippen LogP contribution >= 0.6 is 0 Å². The number of ether oxygens (including phenoxy) is 1. The lowest BCUT2D eigenvalue weighted by atomic mass is 9.90. The van der Waals surface area contributed by atoms with E-state index in [0.717, 1.165) is 55.7 Å². The topological polar surface area (TPSA) is 38.5 Å². The van der Waals surface area contributed by atoms with Gasteiger partial charge in [0.2, 0.25) is 0 Å². The predicted molar refractivity (Wildman–Crippen MR) is 108 cm³/mol. The van der Waals surface area contributed by atoms with Crippen molar-refractivity contribution in [3.63, 3.8) is 0 Å². The first-order valence-electron chi connectivity index (χ1n) is 10.0. The van der Waals surface area contributed by atoms with Crippen molar-refractivity contribution in [2.75, 3.05) is 26.7 Å². The van der Waals surface area contributed by atoms with Crippen molar-refractivity contribution < 1.29 is 13.7 Å². The van der Waals surface area contributed by atoms with Gasteiger partial charge in [-0.15, -0.1) is 0 Å². The monoisotopic (exact) mass is 382 g/mol. The van der Waals surface area contributed by atoms with Gasteiger partial charge in [0, 0.05) is 23.9 Å². The Bertz CT molecular complexity index is 931. The van der Waals surface area contributed by atoms with Crippen molar-refractivity contribution in [3.05, 3.63) is 59.5 Å². The molecule has 0 unspecified atom stereocenters. The van der Waals surface area contributed by atoms with E-state index in [2.05, 4.69) is 29.1 Å². The Morgan fingerprint density at radius 3 is 2.79 bits per heavy atom. The third kappa shape index (κ3) is 4.04. The van der Waals surface area contributed by atoms with Crippen LogP contribution in [0.2, 0.25) is 0 Å². The molecule has 0 saturated carbocycles. The Morgan fingerprint density at radius 2 is 2.00 bits per heavy atom. The van der Waals surface area contributed by atoms with Gasteiger partial charge in [-0.1, -0.05) is 30.3 Å². The summed E-state index contributed by atoms with van der Waals surface area (Å²) in [5, 5.41) is 5.20. The van der Waals surface area contributed by atoms with Crippen molar-refractivity contribution in [2.45, 2.75) is 32.1 Å². The molecule has 1 aromatic heterocycles. The average molecular weight is 382 g/mol. The minimum Gasteiger partial charge on any atom is -0.496 e. The third-order valence-corrected chi connectivity index (χ3v) is 5.77. The molecule has 1 aliphatic rings. The quantitative estimate of drug-likeness (QED) is 0.599. The van der Waals surface area contributed by atoms with Gasteiger partial charge in [-0.05, 0) is 62.0 Å². The van der Waals surface area contributed by atoms with Gasteiger partial charge in [-0.25, -0.2) is 4.39 Å². The number of hydrogen-bond acceptors (Lipinski definition) is 4.